The van der Waals surface area contributed by atoms with Gasteiger partial charge in [-0.2, -0.15) is 0 Å². The number of carbonyl (C=O) groups is 2. The van der Waals surface area contributed by atoms with Gasteiger partial charge in [0.05, 0.1) is 25.8 Å². The molecule has 7 heteroatoms. The molecule has 1 aliphatic rings. The van der Waals surface area contributed by atoms with E-state index in [1.54, 1.807) is 49.3 Å². The summed E-state index contributed by atoms with van der Waals surface area (Å²) < 4.78 is 17.6. The highest BCUT2D eigenvalue weighted by Gasteiger charge is 2.27. The molecule has 1 heterocycles. The molecule has 3 rings (SSSR count). The first-order chi connectivity index (χ1) is 13.9. The maximum absolute atomic E-state index is 13.0. The quantitative estimate of drug-likeness (QED) is 0.610. The van der Waals surface area contributed by atoms with E-state index in [-0.39, 0.29) is 17.8 Å². The van der Waals surface area contributed by atoms with Gasteiger partial charge in [-0.15, -0.1) is 0 Å². The molecule has 1 unspecified atom stereocenters. The molecule has 0 radical (unpaired) electrons. The number of methoxy groups -OCH3 is 1. The summed E-state index contributed by atoms with van der Waals surface area (Å²) in [4.78, 5) is 26.3. The Bertz CT molecular complexity index is 914. The number of Topliss-reactive ketones (excluding diaryl/α,β-unsaturated/α-hetero) is 1. The van der Waals surface area contributed by atoms with Gasteiger partial charge in [-0.05, 0) is 71.7 Å². The standard InChI is InChI=1S/C22H24BrNO5/c1-14-10-17(4-6-19(14)15(2)25)29-13-18-12-24(8-9-28-18)22(26)20-11-16(27-3)5-7-21(20)23/h4-7,10-11,18H,8-9,12-13H2,1-3H3. The Hall–Kier alpha value is -2.38. The molecule has 1 atom stereocenters. The summed E-state index contributed by atoms with van der Waals surface area (Å²) in [7, 11) is 1.57. The first-order valence-electron chi connectivity index (χ1n) is 9.38. The van der Waals surface area contributed by atoms with Crippen molar-refractivity contribution in [2.45, 2.75) is 20.0 Å². The highest BCUT2D eigenvalue weighted by molar-refractivity contribution is 9.10. The van der Waals surface area contributed by atoms with Crippen LogP contribution in [0, 0.1) is 6.92 Å². The second-order valence-electron chi connectivity index (χ2n) is 6.93. The molecule has 1 amide bonds. The molecule has 0 saturated carbocycles. The average Bonchev–Trinajstić information content (AvgIpc) is 2.72. The van der Waals surface area contributed by atoms with Crippen LogP contribution in [0.1, 0.15) is 33.2 Å². The minimum Gasteiger partial charge on any atom is -0.497 e. The molecule has 0 aromatic heterocycles. The zero-order valence-corrected chi connectivity index (χ0v) is 18.3. The Kier molecular flexibility index (Phi) is 6.92. The summed E-state index contributed by atoms with van der Waals surface area (Å²) >= 11 is 3.44. The maximum atomic E-state index is 13.0. The fraction of sp³-hybridized carbons (Fsp3) is 0.364. The van der Waals surface area contributed by atoms with Crippen molar-refractivity contribution >= 4 is 27.6 Å². The molecule has 0 aliphatic carbocycles. The topological polar surface area (TPSA) is 65.1 Å². The van der Waals surface area contributed by atoms with Crippen molar-refractivity contribution in [2.24, 2.45) is 0 Å². The summed E-state index contributed by atoms with van der Waals surface area (Å²) in [6, 6.07) is 10.7. The van der Waals surface area contributed by atoms with Crippen LogP contribution in [0.15, 0.2) is 40.9 Å². The molecule has 1 saturated heterocycles. The zero-order valence-electron chi connectivity index (χ0n) is 16.7. The Balaban J connectivity index is 1.63. The van der Waals surface area contributed by atoms with Gasteiger partial charge in [-0.1, -0.05) is 0 Å². The molecule has 154 valence electrons. The molecular weight excluding hydrogens is 438 g/mol. The predicted octanol–water partition coefficient (Wildman–Crippen LogP) is 3.89. The van der Waals surface area contributed by atoms with Gasteiger partial charge in [0.15, 0.2) is 5.78 Å². The fourth-order valence-electron chi connectivity index (χ4n) is 3.28. The summed E-state index contributed by atoms with van der Waals surface area (Å²) in [5.74, 6) is 1.26. The van der Waals surface area contributed by atoms with E-state index in [9.17, 15) is 9.59 Å². The number of morpholine rings is 1. The van der Waals surface area contributed by atoms with E-state index in [4.69, 9.17) is 14.2 Å². The van der Waals surface area contributed by atoms with Gasteiger partial charge in [0.25, 0.3) is 5.91 Å². The third-order valence-corrected chi connectivity index (χ3v) is 5.53. The van der Waals surface area contributed by atoms with Crippen molar-refractivity contribution in [3.8, 4) is 11.5 Å². The zero-order chi connectivity index (χ0) is 21.0. The lowest BCUT2D eigenvalue weighted by molar-refractivity contribution is -0.0401. The number of amides is 1. The molecule has 0 N–H and O–H groups in total. The normalized spacial score (nSPS) is 16.4. The summed E-state index contributed by atoms with van der Waals surface area (Å²) in [5, 5.41) is 0. The molecule has 0 bridgehead atoms. The first-order valence-corrected chi connectivity index (χ1v) is 10.2. The third-order valence-electron chi connectivity index (χ3n) is 4.84. The van der Waals surface area contributed by atoms with Gasteiger partial charge in [-0.25, -0.2) is 0 Å². The van der Waals surface area contributed by atoms with Crippen LogP contribution in [0.3, 0.4) is 0 Å². The van der Waals surface area contributed by atoms with Crippen LogP contribution in [-0.2, 0) is 4.74 Å². The largest absolute Gasteiger partial charge is 0.497 e. The molecule has 29 heavy (non-hydrogen) atoms. The van der Waals surface area contributed by atoms with Gasteiger partial charge >= 0.3 is 0 Å². The van der Waals surface area contributed by atoms with Crippen molar-refractivity contribution in [2.75, 3.05) is 33.4 Å². The Morgan fingerprint density at radius 1 is 1.17 bits per heavy atom. The van der Waals surface area contributed by atoms with Crippen molar-refractivity contribution in [3.63, 3.8) is 0 Å². The van der Waals surface area contributed by atoms with E-state index in [1.807, 2.05) is 13.0 Å². The van der Waals surface area contributed by atoms with E-state index in [0.29, 0.717) is 48.9 Å². The second kappa shape index (κ2) is 9.41. The van der Waals surface area contributed by atoms with Gasteiger partial charge in [0, 0.05) is 16.6 Å². The number of rotatable bonds is 6. The van der Waals surface area contributed by atoms with E-state index in [2.05, 4.69) is 15.9 Å². The van der Waals surface area contributed by atoms with Crippen molar-refractivity contribution in [1.29, 1.82) is 0 Å². The second-order valence-corrected chi connectivity index (χ2v) is 7.79. The van der Waals surface area contributed by atoms with Gasteiger partial charge < -0.3 is 19.1 Å². The molecule has 2 aromatic carbocycles. The number of aryl methyl sites for hydroxylation is 1. The number of hydrogen-bond donors (Lipinski definition) is 0. The van der Waals surface area contributed by atoms with Gasteiger partial charge in [0.2, 0.25) is 0 Å². The van der Waals surface area contributed by atoms with Crippen LogP contribution in [0.5, 0.6) is 11.5 Å². The number of ether oxygens (including phenoxy) is 3. The van der Waals surface area contributed by atoms with Crippen LogP contribution < -0.4 is 9.47 Å². The molecule has 2 aromatic rings. The summed E-state index contributed by atoms with van der Waals surface area (Å²) in [6.07, 6.45) is -0.232. The smallest absolute Gasteiger partial charge is 0.255 e. The van der Waals surface area contributed by atoms with Crippen LogP contribution in [0.2, 0.25) is 0 Å². The lowest BCUT2D eigenvalue weighted by Crippen LogP contribution is -2.47. The Morgan fingerprint density at radius 3 is 2.62 bits per heavy atom. The number of halogens is 1. The highest BCUT2D eigenvalue weighted by Crippen LogP contribution is 2.25. The van der Waals surface area contributed by atoms with Crippen LogP contribution >= 0.6 is 15.9 Å². The molecular formula is C22H24BrNO5. The molecule has 6 nitrogen and oxygen atoms in total. The molecule has 1 aliphatic heterocycles. The van der Waals surface area contributed by atoms with Crippen LogP contribution in [0.4, 0.5) is 0 Å². The lowest BCUT2D eigenvalue weighted by Gasteiger charge is -2.33. The van der Waals surface area contributed by atoms with E-state index in [1.165, 1.54) is 0 Å². The number of ketones is 1. The predicted molar refractivity (Wildman–Crippen MR) is 113 cm³/mol. The lowest BCUT2D eigenvalue weighted by atomic mass is 10.1. The first kappa shape index (κ1) is 21.3. The minimum absolute atomic E-state index is 0.0301. The fourth-order valence-corrected chi connectivity index (χ4v) is 3.70. The maximum Gasteiger partial charge on any atom is 0.255 e. The van der Waals surface area contributed by atoms with Gasteiger partial charge in [0.1, 0.15) is 24.2 Å². The van der Waals surface area contributed by atoms with Crippen LogP contribution in [0.25, 0.3) is 0 Å². The third kappa shape index (κ3) is 5.16. The minimum atomic E-state index is -0.232. The SMILES string of the molecule is COc1ccc(Br)c(C(=O)N2CCOC(COc3ccc(C(C)=O)c(C)c3)C2)c1. The average molecular weight is 462 g/mol. The number of carbonyl (C=O) groups excluding carboxylic acids is 2. The number of nitrogens with zero attached hydrogens (tertiary/aromatic N) is 1. The van der Waals surface area contributed by atoms with E-state index >= 15 is 0 Å². The number of benzene rings is 2. The molecule has 1 fully saturated rings. The Morgan fingerprint density at radius 2 is 1.93 bits per heavy atom. The monoisotopic (exact) mass is 461 g/mol. The van der Waals surface area contributed by atoms with E-state index in [0.717, 1.165) is 10.0 Å². The van der Waals surface area contributed by atoms with Crippen LogP contribution in [-0.4, -0.2) is 56.1 Å². The van der Waals surface area contributed by atoms with Crippen molar-refractivity contribution < 1.29 is 23.8 Å². The summed E-state index contributed by atoms with van der Waals surface area (Å²) in [6.45, 7) is 5.15. The van der Waals surface area contributed by atoms with E-state index < -0.39 is 0 Å². The van der Waals surface area contributed by atoms with Crippen molar-refractivity contribution in [3.05, 3.63) is 57.6 Å². The highest BCUT2D eigenvalue weighted by atomic mass is 79.9. The summed E-state index contributed by atoms with van der Waals surface area (Å²) in [5.41, 5.74) is 2.12. The number of hydrogen-bond acceptors (Lipinski definition) is 5. The van der Waals surface area contributed by atoms with Crippen molar-refractivity contribution in [1.82, 2.24) is 4.90 Å². The van der Waals surface area contributed by atoms with Gasteiger partial charge in [-0.3, -0.25) is 9.59 Å². The molecule has 0 spiro atoms. The Labute approximate surface area is 178 Å².